The Labute approximate surface area is 105 Å². The summed E-state index contributed by atoms with van der Waals surface area (Å²) in [6.07, 6.45) is -2.88. The van der Waals surface area contributed by atoms with Crippen molar-refractivity contribution in [1.82, 2.24) is 4.98 Å². The number of aromatic nitrogens is 1. The van der Waals surface area contributed by atoms with Crippen LogP contribution in [0.25, 0.3) is 0 Å². The molecule has 8 heteroatoms. The summed E-state index contributed by atoms with van der Waals surface area (Å²) in [5, 5.41) is 10.4. The van der Waals surface area contributed by atoms with Gasteiger partial charge in [0.05, 0.1) is 0 Å². The van der Waals surface area contributed by atoms with E-state index in [1.807, 2.05) is 0 Å². The second kappa shape index (κ2) is 4.59. The molecular weight excluding hydrogens is 424 g/mol. The third kappa shape index (κ3) is 2.46. The lowest BCUT2D eigenvalue weighted by molar-refractivity contribution is -0.391. The third-order valence-electron chi connectivity index (χ3n) is 1.35. The average Bonchev–Trinajstić information content (AvgIpc) is 2.01. The van der Waals surface area contributed by atoms with Gasteiger partial charge in [-0.05, 0) is 32.5 Å². The van der Waals surface area contributed by atoms with Gasteiger partial charge < -0.3 is 10.1 Å². The van der Waals surface area contributed by atoms with Crippen LogP contribution in [0.3, 0.4) is 0 Å². The van der Waals surface area contributed by atoms with E-state index >= 15 is 0 Å². The third-order valence-corrected chi connectivity index (χ3v) is 2.79. The number of rotatable bonds is 2. The molecule has 0 aliphatic heterocycles. The van der Waals surface area contributed by atoms with Gasteiger partial charge in [0.1, 0.15) is 5.56 Å². The second-order valence-corrected chi connectivity index (χ2v) is 4.49. The molecule has 76 valence electrons. The Kier molecular flexibility index (Phi) is 3.92. The van der Waals surface area contributed by atoms with Gasteiger partial charge in [-0.2, -0.15) is 0 Å². The molecule has 0 aliphatic carbocycles. The van der Waals surface area contributed by atoms with E-state index in [0.29, 0.717) is 3.70 Å². The average molecular weight is 426 g/mol. The Morgan fingerprint density at radius 1 is 1.50 bits per heavy atom. The van der Waals surface area contributed by atoms with Gasteiger partial charge in [0.25, 0.3) is 6.43 Å². The Hall–Kier alpha value is -0.130. The van der Waals surface area contributed by atoms with Crippen molar-refractivity contribution in [2.75, 3.05) is 0 Å². The van der Waals surface area contributed by atoms with Gasteiger partial charge in [-0.25, -0.2) is 8.78 Å². The van der Waals surface area contributed by atoms with Crippen molar-refractivity contribution in [3.63, 3.8) is 0 Å². The number of halogens is 4. The van der Waals surface area contributed by atoms with E-state index in [9.17, 15) is 18.9 Å². The zero-order valence-corrected chi connectivity index (χ0v) is 10.7. The van der Waals surface area contributed by atoms with Gasteiger partial charge in [-0.15, -0.1) is 0 Å². The summed E-state index contributed by atoms with van der Waals surface area (Å²) in [5.74, 6) is -0.767. The van der Waals surface area contributed by atoms with E-state index in [1.165, 1.54) is 6.07 Å². The molecule has 1 rings (SSSR count). The van der Waals surface area contributed by atoms with Crippen molar-refractivity contribution >= 4 is 51.0 Å². The Morgan fingerprint density at radius 2 is 2.07 bits per heavy atom. The predicted molar refractivity (Wildman–Crippen MR) is 61.3 cm³/mol. The van der Waals surface area contributed by atoms with Crippen molar-refractivity contribution in [2.45, 2.75) is 6.43 Å². The zero-order chi connectivity index (χ0) is 10.9. The van der Waals surface area contributed by atoms with E-state index in [1.54, 1.807) is 45.2 Å². The minimum Gasteiger partial charge on any atom is -0.358 e. The molecule has 0 amide bonds. The molecule has 0 spiro atoms. The van der Waals surface area contributed by atoms with Crippen molar-refractivity contribution in [3.05, 3.63) is 29.0 Å². The first-order chi connectivity index (χ1) is 6.43. The molecule has 14 heavy (non-hydrogen) atoms. The van der Waals surface area contributed by atoms with Crippen LogP contribution in [0, 0.1) is 17.4 Å². The standard InChI is InChI=1S/C6H2F2I2N2O2/c7-5(8)4-2(9)1-3(10)11-6(4)12(13)14/h1,5H. The maximum atomic E-state index is 12.4. The van der Waals surface area contributed by atoms with Crippen LogP contribution in [0.4, 0.5) is 14.6 Å². The topological polar surface area (TPSA) is 56.0 Å². The Balaban J connectivity index is 3.44. The van der Waals surface area contributed by atoms with Crippen LogP contribution in [0.2, 0.25) is 0 Å². The van der Waals surface area contributed by atoms with Crippen molar-refractivity contribution in [2.24, 2.45) is 0 Å². The number of pyridine rings is 1. The lowest BCUT2D eigenvalue weighted by Crippen LogP contribution is -2.03. The number of alkyl halides is 2. The second-order valence-electron chi connectivity index (χ2n) is 2.22. The first kappa shape index (κ1) is 11.9. The molecule has 0 saturated carbocycles. The highest BCUT2D eigenvalue weighted by atomic mass is 127. The molecular formula is C6H2F2I2N2O2. The predicted octanol–water partition coefficient (Wildman–Crippen LogP) is 3.14. The minimum atomic E-state index is -2.88. The van der Waals surface area contributed by atoms with Crippen LogP contribution in [-0.4, -0.2) is 9.91 Å². The van der Waals surface area contributed by atoms with Crippen LogP contribution in [0.1, 0.15) is 12.0 Å². The first-order valence-corrected chi connectivity index (χ1v) is 5.37. The van der Waals surface area contributed by atoms with E-state index in [-0.39, 0.29) is 3.57 Å². The number of hydrogen-bond donors (Lipinski definition) is 0. The van der Waals surface area contributed by atoms with Crippen LogP contribution >= 0.6 is 45.2 Å². The van der Waals surface area contributed by atoms with E-state index in [4.69, 9.17) is 0 Å². The summed E-state index contributed by atoms with van der Waals surface area (Å²) in [7, 11) is 0. The number of nitrogens with zero attached hydrogens (tertiary/aromatic N) is 2. The van der Waals surface area contributed by atoms with Crippen LogP contribution in [0.5, 0.6) is 0 Å². The quantitative estimate of drug-likeness (QED) is 0.316. The summed E-state index contributed by atoms with van der Waals surface area (Å²) < 4.78 is 25.3. The van der Waals surface area contributed by atoms with Crippen LogP contribution < -0.4 is 0 Å². The van der Waals surface area contributed by atoms with Gasteiger partial charge >= 0.3 is 5.82 Å². The largest absolute Gasteiger partial charge is 0.374 e. The molecule has 0 aliphatic rings. The molecule has 0 unspecified atom stereocenters. The molecule has 1 heterocycles. The van der Waals surface area contributed by atoms with E-state index < -0.39 is 22.7 Å². The summed E-state index contributed by atoms with van der Waals surface area (Å²) in [6.45, 7) is 0. The van der Waals surface area contributed by atoms with Gasteiger partial charge in [-0.1, -0.05) is 0 Å². The maximum absolute atomic E-state index is 12.4. The van der Waals surface area contributed by atoms with Crippen LogP contribution in [-0.2, 0) is 0 Å². The van der Waals surface area contributed by atoms with Crippen molar-refractivity contribution < 1.29 is 13.7 Å². The SMILES string of the molecule is O=[N+]([O-])c1nc(I)cc(I)c1C(F)F. The molecule has 0 saturated heterocycles. The van der Waals surface area contributed by atoms with Gasteiger partial charge in [0.15, 0.2) is 0 Å². The van der Waals surface area contributed by atoms with Gasteiger partial charge in [0.2, 0.25) is 3.70 Å². The minimum absolute atomic E-state index is 0.156. The molecule has 0 atom stereocenters. The first-order valence-electron chi connectivity index (χ1n) is 3.22. The van der Waals surface area contributed by atoms with Crippen LogP contribution in [0.15, 0.2) is 6.07 Å². The number of hydrogen-bond acceptors (Lipinski definition) is 3. The maximum Gasteiger partial charge on any atom is 0.374 e. The highest BCUT2D eigenvalue weighted by Gasteiger charge is 2.27. The highest BCUT2D eigenvalue weighted by molar-refractivity contribution is 14.1. The monoisotopic (exact) mass is 426 g/mol. The van der Waals surface area contributed by atoms with E-state index in [0.717, 1.165) is 0 Å². The fourth-order valence-corrected chi connectivity index (χ4v) is 2.73. The molecule has 4 nitrogen and oxygen atoms in total. The molecule has 1 aromatic rings. The Morgan fingerprint density at radius 3 is 2.50 bits per heavy atom. The summed E-state index contributed by atoms with van der Waals surface area (Å²) >= 11 is 3.37. The number of nitro groups is 1. The zero-order valence-electron chi connectivity index (χ0n) is 6.38. The highest BCUT2D eigenvalue weighted by Crippen LogP contribution is 2.32. The lowest BCUT2D eigenvalue weighted by atomic mass is 10.3. The Bertz CT molecular complexity index is 386. The molecule has 0 N–H and O–H groups in total. The summed E-state index contributed by atoms with van der Waals surface area (Å²) in [5.41, 5.74) is -0.615. The molecule has 1 aromatic heterocycles. The smallest absolute Gasteiger partial charge is 0.358 e. The molecule has 0 radical (unpaired) electrons. The molecule has 0 fully saturated rings. The van der Waals surface area contributed by atoms with Gasteiger partial charge in [-0.3, -0.25) is 0 Å². The normalized spacial score (nSPS) is 10.6. The fourth-order valence-electron chi connectivity index (χ4n) is 0.824. The van der Waals surface area contributed by atoms with Crippen molar-refractivity contribution in [1.29, 1.82) is 0 Å². The lowest BCUT2D eigenvalue weighted by Gasteiger charge is -2.03. The summed E-state index contributed by atoms with van der Waals surface area (Å²) in [4.78, 5) is 13.0. The summed E-state index contributed by atoms with van der Waals surface area (Å²) in [6, 6.07) is 1.37. The molecule has 0 aromatic carbocycles. The van der Waals surface area contributed by atoms with Crippen molar-refractivity contribution in [3.8, 4) is 0 Å². The fraction of sp³-hybridized carbons (Fsp3) is 0.167. The molecule has 0 bridgehead atoms. The van der Waals surface area contributed by atoms with Gasteiger partial charge in [0, 0.05) is 32.2 Å². The van der Waals surface area contributed by atoms with E-state index in [2.05, 4.69) is 4.98 Å².